The molecule has 0 aromatic heterocycles. The van der Waals surface area contributed by atoms with Gasteiger partial charge in [0.05, 0.1) is 5.02 Å². The molecule has 0 aliphatic heterocycles. The Balaban J connectivity index is 2.63. The first-order valence-corrected chi connectivity index (χ1v) is 5.72. The van der Waals surface area contributed by atoms with E-state index in [0.29, 0.717) is 0 Å². The van der Waals surface area contributed by atoms with E-state index < -0.39 is 0 Å². The summed E-state index contributed by atoms with van der Waals surface area (Å²) in [6.07, 6.45) is 0. The second-order valence-corrected chi connectivity index (χ2v) is 4.55. The first-order valence-electron chi connectivity index (χ1n) is 5.34. The Bertz CT molecular complexity index is 527. The van der Waals surface area contributed by atoms with Gasteiger partial charge in [-0.05, 0) is 43.5 Å². The molecule has 0 amide bonds. The van der Waals surface area contributed by atoms with Gasteiger partial charge in [-0.2, -0.15) is 0 Å². The van der Waals surface area contributed by atoms with Gasteiger partial charge in [-0.15, -0.1) is 0 Å². The van der Waals surface area contributed by atoms with Crippen molar-refractivity contribution in [1.29, 1.82) is 0 Å². The van der Waals surface area contributed by atoms with Crippen molar-refractivity contribution < 1.29 is 0 Å². The lowest BCUT2D eigenvalue weighted by atomic mass is 9.97. The van der Waals surface area contributed by atoms with Gasteiger partial charge < -0.3 is 0 Å². The molecule has 0 nitrogen and oxygen atoms in total. The average molecular weight is 230 g/mol. The van der Waals surface area contributed by atoms with Crippen molar-refractivity contribution in [3.05, 3.63) is 58.1 Å². The van der Waals surface area contributed by atoms with Crippen LogP contribution in [0.1, 0.15) is 16.7 Å². The van der Waals surface area contributed by atoms with Crippen LogP contribution in [0.5, 0.6) is 0 Å². The molecule has 0 aliphatic carbocycles. The summed E-state index contributed by atoms with van der Waals surface area (Å²) in [4.78, 5) is 0. The van der Waals surface area contributed by atoms with Crippen molar-refractivity contribution in [3.63, 3.8) is 0 Å². The van der Waals surface area contributed by atoms with Gasteiger partial charge in [0, 0.05) is 5.56 Å². The molecule has 2 rings (SSSR count). The van der Waals surface area contributed by atoms with E-state index >= 15 is 0 Å². The quantitative estimate of drug-likeness (QED) is 0.663. The van der Waals surface area contributed by atoms with E-state index in [1.807, 2.05) is 19.1 Å². The standard InChI is InChI=1S/C15H14Cl/c1-10-7-8-13(12(3)9-10)14-6-4-5-11(2)15(14)16/h4-5,7-9H,1-3H3. The summed E-state index contributed by atoms with van der Waals surface area (Å²) in [7, 11) is 0. The van der Waals surface area contributed by atoms with E-state index in [9.17, 15) is 0 Å². The van der Waals surface area contributed by atoms with Crippen LogP contribution >= 0.6 is 11.6 Å². The van der Waals surface area contributed by atoms with Crippen LogP contribution in [0.15, 0.2) is 30.3 Å². The Morgan fingerprint density at radius 2 is 1.75 bits per heavy atom. The molecule has 0 aliphatic rings. The minimum absolute atomic E-state index is 0.800. The average Bonchev–Trinajstić information content (AvgIpc) is 2.23. The minimum Gasteiger partial charge on any atom is -0.0833 e. The van der Waals surface area contributed by atoms with Crippen molar-refractivity contribution in [2.45, 2.75) is 20.8 Å². The zero-order valence-corrected chi connectivity index (χ0v) is 10.5. The molecule has 0 atom stereocenters. The molecule has 1 heteroatoms. The maximum atomic E-state index is 6.31. The van der Waals surface area contributed by atoms with Gasteiger partial charge in [-0.25, -0.2) is 0 Å². The Kier molecular flexibility index (Phi) is 3.02. The van der Waals surface area contributed by atoms with E-state index in [4.69, 9.17) is 11.6 Å². The van der Waals surface area contributed by atoms with Crippen molar-refractivity contribution in [3.8, 4) is 11.1 Å². The molecular formula is C15H14Cl. The second kappa shape index (κ2) is 4.31. The largest absolute Gasteiger partial charge is 0.0833 e. The van der Waals surface area contributed by atoms with Crippen LogP contribution in [0.2, 0.25) is 5.02 Å². The van der Waals surface area contributed by atoms with Crippen molar-refractivity contribution in [2.24, 2.45) is 0 Å². The van der Waals surface area contributed by atoms with Crippen LogP contribution in [-0.4, -0.2) is 0 Å². The zero-order valence-electron chi connectivity index (χ0n) is 9.76. The van der Waals surface area contributed by atoms with Gasteiger partial charge in [0.25, 0.3) is 0 Å². The molecule has 0 saturated carbocycles. The summed E-state index contributed by atoms with van der Waals surface area (Å²) < 4.78 is 0. The summed E-state index contributed by atoms with van der Waals surface area (Å²) in [6.45, 7) is 6.22. The van der Waals surface area contributed by atoms with E-state index in [0.717, 1.165) is 16.1 Å². The molecular weight excluding hydrogens is 216 g/mol. The van der Waals surface area contributed by atoms with Crippen LogP contribution in [0, 0.1) is 26.8 Å². The summed E-state index contributed by atoms with van der Waals surface area (Å²) >= 11 is 6.31. The van der Waals surface area contributed by atoms with Crippen LogP contribution in [0.4, 0.5) is 0 Å². The number of benzene rings is 2. The maximum Gasteiger partial charge on any atom is 0.0519 e. The number of hydrogen-bond acceptors (Lipinski definition) is 0. The number of hydrogen-bond donors (Lipinski definition) is 0. The first kappa shape index (κ1) is 11.2. The predicted octanol–water partition coefficient (Wildman–Crippen LogP) is 4.73. The fraction of sp³-hybridized carbons (Fsp3) is 0.200. The van der Waals surface area contributed by atoms with Crippen LogP contribution in [0.25, 0.3) is 11.1 Å². The monoisotopic (exact) mass is 229 g/mol. The fourth-order valence-corrected chi connectivity index (χ4v) is 2.09. The second-order valence-electron chi connectivity index (χ2n) is 4.17. The summed E-state index contributed by atoms with van der Waals surface area (Å²) in [5.41, 5.74) is 5.77. The summed E-state index contributed by atoms with van der Waals surface area (Å²) in [5.74, 6) is 0. The zero-order chi connectivity index (χ0) is 11.7. The van der Waals surface area contributed by atoms with Crippen molar-refractivity contribution in [2.75, 3.05) is 0 Å². The number of rotatable bonds is 1. The molecule has 16 heavy (non-hydrogen) atoms. The van der Waals surface area contributed by atoms with Crippen LogP contribution in [0.3, 0.4) is 0 Å². The van der Waals surface area contributed by atoms with Crippen LogP contribution < -0.4 is 0 Å². The Labute approximate surface area is 102 Å². The Morgan fingerprint density at radius 3 is 2.44 bits per heavy atom. The van der Waals surface area contributed by atoms with Gasteiger partial charge in [0.1, 0.15) is 0 Å². The lowest BCUT2D eigenvalue weighted by molar-refractivity contribution is 1.37. The highest BCUT2D eigenvalue weighted by Gasteiger charge is 2.08. The van der Waals surface area contributed by atoms with E-state index in [1.54, 1.807) is 0 Å². The third-order valence-corrected chi connectivity index (χ3v) is 3.27. The van der Waals surface area contributed by atoms with E-state index in [2.05, 4.69) is 38.1 Å². The lowest BCUT2D eigenvalue weighted by Gasteiger charge is -2.10. The molecule has 2 aromatic carbocycles. The molecule has 0 unspecified atom stereocenters. The third-order valence-electron chi connectivity index (χ3n) is 2.78. The van der Waals surface area contributed by atoms with Gasteiger partial charge in [-0.1, -0.05) is 47.5 Å². The normalized spacial score (nSPS) is 10.5. The highest BCUT2D eigenvalue weighted by molar-refractivity contribution is 6.34. The molecule has 0 N–H and O–H groups in total. The highest BCUT2D eigenvalue weighted by Crippen LogP contribution is 2.32. The highest BCUT2D eigenvalue weighted by atomic mass is 35.5. The minimum atomic E-state index is 0.800. The Morgan fingerprint density at radius 1 is 1.00 bits per heavy atom. The van der Waals surface area contributed by atoms with Crippen LogP contribution in [-0.2, 0) is 0 Å². The van der Waals surface area contributed by atoms with E-state index in [1.165, 1.54) is 16.7 Å². The maximum absolute atomic E-state index is 6.31. The molecule has 0 bridgehead atoms. The smallest absolute Gasteiger partial charge is 0.0519 e. The molecule has 0 spiro atoms. The lowest BCUT2D eigenvalue weighted by Crippen LogP contribution is -1.87. The molecule has 81 valence electrons. The number of halogens is 1. The predicted molar refractivity (Wildman–Crippen MR) is 69.9 cm³/mol. The molecule has 2 aromatic rings. The molecule has 0 fully saturated rings. The fourth-order valence-electron chi connectivity index (χ4n) is 1.87. The third kappa shape index (κ3) is 1.98. The van der Waals surface area contributed by atoms with E-state index in [-0.39, 0.29) is 0 Å². The van der Waals surface area contributed by atoms with Gasteiger partial charge in [-0.3, -0.25) is 0 Å². The molecule has 0 saturated heterocycles. The number of aryl methyl sites for hydroxylation is 3. The Hall–Kier alpha value is -1.27. The molecule has 1 radical (unpaired) electrons. The van der Waals surface area contributed by atoms with Crippen molar-refractivity contribution >= 4 is 11.6 Å². The first-order chi connectivity index (χ1) is 7.59. The summed E-state index contributed by atoms with van der Waals surface area (Å²) in [5, 5.41) is 0.800. The van der Waals surface area contributed by atoms with Gasteiger partial charge in [0.15, 0.2) is 0 Å². The molecule has 0 heterocycles. The van der Waals surface area contributed by atoms with Crippen molar-refractivity contribution in [1.82, 2.24) is 0 Å². The summed E-state index contributed by atoms with van der Waals surface area (Å²) in [6, 6.07) is 13.5. The van der Waals surface area contributed by atoms with Gasteiger partial charge in [0.2, 0.25) is 0 Å². The van der Waals surface area contributed by atoms with Gasteiger partial charge >= 0.3 is 0 Å². The topological polar surface area (TPSA) is 0 Å². The SMILES string of the molecule is Cc1ccc(-c2[c]ccc(C)c2Cl)c(C)c1.